The van der Waals surface area contributed by atoms with Crippen LogP contribution in [0.1, 0.15) is 65.2 Å². The molecule has 5 N–H and O–H groups in total. The minimum atomic E-state index is -4.44. The maximum atomic E-state index is 13.4. The topological polar surface area (TPSA) is 139 Å². The molecule has 2 aliphatic rings. The summed E-state index contributed by atoms with van der Waals surface area (Å²) in [4.78, 5) is 31.7. The predicted molar refractivity (Wildman–Crippen MR) is 159 cm³/mol. The van der Waals surface area contributed by atoms with Crippen molar-refractivity contribution < 1.29 is 37.3 Å². The lowest BCUT2D eigenvalue weighted by molar-refractivity contribution is -0.135. The Balaban J connectivity index is 1.38. The van der Waals surface area contributed by atoms with E-state index in [1.54, 1.807) is 26.0 Å². The van der Waals surface area contributed by atoms with E-state index in [4.69, 9.17) is 38.4 Å². The fourth-order valence-corrected chi connectivity index (χ4v) is 5.84. The molecule has 2 bridgehead atoms. The van der Waals surface area contributed by atoms with Gasteiger partial charge in [0.05, 0.1) is 16.6 Å². The van der Waals surface area contributed by atoms with Gasteiger partial charge in [-0.1, -0.05) is 23.2 Å². The Morgan fingerprint density at radius 2 is 1.61 bits per heavy atom. The fourth-order valence-electron chi connectivity index (χ4n) is 5.38. The number of nitrogens with one attached hydrogen (secondary N) is 2. The summed E-state index contributed by atoms with van der Waals surface area (Å²) >= 11 is 12.6. The maximum Gasteiger partial charge on any atom is 0.401 e. The highest BCUT2D eigenvalue weighted by Crippen LogP contribution is 2.40. The molecule has 0 aliphatic carbocycles. The summed E-state index contributed by atoms with van der Waals surface area (Å²) in [7, 11) is 0. The zero-order chi connectivity index (χ0) is 32.6. The third-order valence-corrected chi connectivity index (χ3v) is 8.36. The number of pyridine rings is 1. The Kier molecular flexibility index (Phi) is 9.84. The quantitative estimate of drug-likeness (QED) is 0.255. The van der Waals surface area contributed by atoms with Crippen molar-refractivity contribution in [3.63, 3.8) is 0 Å². The van der Waals surface area contributed by atoms with Crippen molar-refractivity contribution in [1.29, 1.82) is 0 Å². The smallest absolute Gasteiger partial charge is 0.401 e. The first-order chi connectivity index (χ1) is 20.4. The number of rotatable bonds is 11. The van der Waals surface area contributed by atoms with Crippen LogP contribution in [0.4, 0.5) is 19.0 Å². The van der Waals surface area contributed by atoms with Gasteiger partial charge in [0.25, 0.3) is 11.8 Å². The Labute approximate surface area is 263 Å². The van der Waals surface area contributed by atoms with E-state index in [-0.39, 0.29) is 51.1 Å². The number of halogens is 5. The molecular formula is C29H36Cl2F3N5O5. The van der Waals surface area contributed by atoms with E-state index in [1.807, 2.05) is 5.32 Å². The van der Waals surface area contributed by atoms with Gasteiger partial charge < -0.3 is 30.5 Å². The molecule has 10 nitrogen and oxygen atoms in total. The second kappa shape index (κ2) is 12.8. The fraction of sp³-hybridized carbons (Fsp3) is 0.552. The summed E-state index contributed by atoms with van der Waals surface area (Å²) in [6.07, 6.45) is -1.49. The highest BCUT2D eigenvalue weighted by atomic mass is 35.5. The number of carbonyl (C=O) groups excluding carboxylic acids is 2. The van der Waals surface area contributed by atoms with Crippen molar-refractivity contribution in [2.75, 3.05) is 11.4 Å². The zero-order valence-electron chi connectivity index (χ0n) is 24.7. The molecule has 0 saturated carbocycles. The van der Waals surface area contributed by atoms with Crippen LogP contribution in [0, 0.1) is 0 Å². The lowest BCUT2D eigenvalue weighted by Gasteiger charge is -2.41. The molecule has 242 valence electrons. The van der Waals surface area contributed by atoms with E-state index in [0.29, 0.717) is 18.7 Å². The molecule has 1 aromatic carbocycles. The van der Waals surface area contributed by atoms with Crippen molar-refractivity contribution in [3.8, 4) is 11.5 Å². The van der Waals surface area contributed by atoms with Gasteiger partial charge >= 0.3 is 6.18 Å². The van der Waals surface area contributed by atoms with Gasteiger partial charge in [0.1, 0.15) is 23.5 Å². The summed E-state index contributed by atoms with van der Waals surface area (Å²) in [6, 6.07) is 6.09. The summed E-state index contributed by atoms with van der Waals surface area (Å²) in [5.74, 6) is -0.149. The Hall–Kier alpha value is -3.00. The van der Waals surface area contributed by atoms with Crippen LogP contribution in [0.3, 0.4) is 0 Å². The second-order valence-electron chi connectivity index (χ2n) is 12.1. The number of hydrogen-bond acceptors (Lipinski definition) is 8. The predicted octanol–water partition coefficient (Wildman–Crippen LogP) is 4.65. The van der Waals surface area contributed by atoms with E-state index in [0.717, 1.165) is 12.8 Å². The van der Waals surface area contributed by atoms with Gasteiger partial charge in [-0.15, -0.1) is 0 Å². The van der Waals surface area contributed by atoms with Crippen LogP contribution < -0.4 is 30.7 Å². The van der Waals surface area contributed by atoms with E-state index in [2.05, 4.69) is 15.2 Å². The third kappa shape index (κ3) is 7.98. The number of aliphatic hydroxyl groups excluding tert-OH is 1. The molecule has 4 rings (SSSR count). The van der Waals surface area contributed by atoms with Gasteiger partial charge in [-0.3, -0.25) is 14.9 Å². The number of hydrogen-bond donors (Lipinski definition) is 4. The number of aliphatic hydroxyl groups is 1. The first kappa shape index (κ1) is 33.9. The Morgan fingerprint density at radius 1 is 1.05 bits per heavy atom. The number of alkyl halides is 3. The first-order valence-electron chi connectivity index (χ1n) is 14.1. The number of nitrogens with two attached hydrogens (primary N) is 1. The molecule has 3 unspecified atom stereocenters. The normalized spacial score (nSPS) is 21.1. The number of ether oxygens (including phenoxy) is 2. The van der Waals surface area contributed by atoms with Gasteiger partial charge in [0, 0.05) is 36.0 Å². The molecule has 44 heavy (non-hydrogen) atoms. The Bertz CT molecular complexity index is 1360. The lowest BCUT2D eigenvalue weighted by Crippen LogP contribution is -2.55. The van der Waals surface area contributed by atoms with Crippen molar-refractivity contribution in [3.05, 3.63) is 46.1 Å². The van der Waals surface area contributed by atoms with Gasteiger partial charge in [-0.2, -0.15) is 13.2 Å². The van der Waals surface area contributed by atoms with Crippen molar-refractivity contribution >= 4 is 40.8 Å². The van der Waals surface area contributed by atoms with Crippen molar-refractivity contribution in [1.82, 2.24) is 15.6 Å². The number of carbonyl (C=O) groups is 2. The number of aromatic nitrogens is 1. The van der Waals surface area contributed by atoms with E-state index >= 15 is 0 Å². The highest BCUT2D eigenvalue weighted by Gasteiger charge is 2.43. The number of anilines is 1. The van der Waals surface area contributed by atoms with E-state index in [1.165, 1.54) is 32.2 Å². The number of fused-ring (bicyclic) bond motifs is 2. The van der Waals surface area contributed by atoms with Crippen LogP contribution in [0.2, 0.25) is 10.0 Å². The minimum Gasteiger partial charge on any atom is -0.476 e. The largest absolute Gasteiger partial charge is 0.476 e. The average molecular weight is 663 g/mol. The summed E-state index contributed by atoms with van der Waals surface area (Å²) in [6.45, 7) is 4.88. The van der Waals surface area contributed by atoms with E-state index < -0.39 is 36.1 Å². The van der Waals surface area contributed by atoms with Gasteiger partial charge in [0.2, 0.25) is 0 Å². The monoisotopic (exact) mass is 661 g/mol. The van der Waals surface area contributed by atoms with E-state index in [9.17, 15) is 27.9 Å². The molecule has 2 aliphatic heterocycles. The Morgan fingerprint density at radius 3 is 2.11 bits per heavy atom. The highest BCUT2D eigenvalue weighted by molar-refractivity contribution is 6.36. The molecule has 3 atom stereocenters. The molecule has 2 aromatic rings. The van der Waals surface area contributed by atoms with Crippen LogP contribution >= 0.6 is 23.2 Å². The molecule has 2 fully saturated rings. The molecule has 2 saturated heterocycles. The zero-order valence-corrected chi connectivity index (χ0v) is 26.2. The van der Waals surface area contributed by atoms with Gasteiger partial charge in [-0.25, -0.2) is 4.98 Å². The summed E-state index contributed by atoms with van der Waals surface area (Å²) in [5, 5.41) is 15.4. The number of benzene rings is 1. The van der Waals surface area contributed by atoms with Gasteiger partial charge in [0.15, 0.2) is 11.2 Å². The van der Waals surface area contributed by atoms with Crippen LogP contribution in [-0.4, -0.2) is 64.0 Å². The maximum absolute atomic E-state index is 13.4. The van der Waals surface area contributed by atoms with Crippen LogP contribution in [-0.2, 0) is 9.59 Å². The SMILES string of the molecule is CC(C)(Oc1cc(OC(C)(C)C(=O)NC2CC3CCC(C2)N3c2ccc(C(O)NCC(F)(F)F)cn2)c(Cl)cc1Cl)C(N)=O. The molecule has 15 heteroatoms. The van der Waals surface area contributed by atoms with Crippen LogP contribution in [0.15, 0.2) is 30.5 Å². The molecule has 0 radical (unpaired) electrons. The molecular weight excluding hydrogens is 626 g/mol. The molecule has 1 aromatic heterocycles. The molecule has 3 heterocycles. The molecule has 2 amide bonds. The first-order valence-corrected chi connectivity index (χ1v) is 14.8. The number of piperidine rings is 1. The standard InChI is InChI=1S/C29H36Cl2F3N5O5/c1-27(2,25(35)41)43-21-12-22(20(31)11-19(21)30)44-28(3,4)26(42)38-16-9-17-6-7-18(10-16)39(17)23-8-5-15(13-36-23)24(40)37-14-29(32,33)34/h5,8,11-13,16-18,24,37,40H,6-7,9-10,14H2,1-4H3,(H2,35,41)(H,38,42). The van der Waals surface area contributed by atoms with Crippen molar-refractivity contribution in [2.24, 2.45) is 5.73 Å². The number of amides is 2. The minimum absolute atomic E-state index is 0.0914. The second-order valence-corrected chi connectivity index (χ2v) is 12.9. The van der Waals surface area contributed by atoms with Crippen LogP contribution in [0.25, 0.3) is 0 Å². The number of primary amides is 1. The van der Waals surface area contributed by atoms with Gasteiger partial charge in [-0.05, 0) is 71.6 Å². The van der Waals surface area contributed by atoms with Crippen LogP contribution in [0.5, 0.6) is 11.5 Å². The lowest BCUT2D eigenvalue weighted by atomic mass is 9.96. The third-order valence-electron chi connectivity index (χ3n) is 7.77. The van der Waals surface area contributed by atoms with Crippen molar-refractivity contribution in [2.45, 2.75) is 95.1 Å². The number of nitrogens with zero attached hydrogens (tertiary/aromatic N) is 2. The molecule has 0 spiro atoms. The summed E-state index contributed by atoms with van der Waals surface area (Å²) < 4.78 is 49.1. The average Bonchev–Trinajstić information content (AvgIpc) is 3.19. The summed E-state index contributed by atoms with van der Waals surface area (Å²) in [5.41, 5.74) is 2.93.